The van der Waals surface area contributed by atoms with Crippen LogP contribution in [0, 0.1) is 5.82 Å². The molecule has 2 aromatic heterocycles. The lowest BCUT2D eigenvalue weighted by atomic mass is 10.0. The highest BCUT2D eigenvalue weighted by atomic mass is 32.2. The number of fused-ring (bicyclic) bond motifs is 1. The fourth-order valence-electron chi connectivity index (χ4n) is 4.35. The third kappa shape index (κ3) is 4.69. The van der Waals surface area contributed by atoms with Gasteiger partial charge >= 0.3 is 5.97 Å². The first-order valence-corrected chi connectivity index (χ1v) is 12.5. The van der Waals surface area contributed by atoms with Gasteiger partial charge in [0.05, 0.1) is 24.5 Å². The molecule has 36 heavy (non-hydrogen) atoms. The second-order valence-corrected chi connectivity index (χ2v) is 9.59. The van der Waals surface area contributed by atoms with Crippen LogP contribution < -0.4 is 9.04 Å². The number of hydrogen-bond acceptors (Lipinski definition) is 4. The second-order valence-electron chi connectivity index (χ2n) is 8.68. The first kappa shape index (κ1) is 24.0. The summed E-state index contributed by atoms with van der Waals surface area (Å²) in [5.74, 6) is -0.688. The van der Waals surface area contributed by atoms with E-state index in [1.807, 2.05) is 24.3 Å². The molecule has 0 amide bonds. The molecule has 0 bridgehead atoms. The molecular formula is C26H24FN3O5S. The highest BCUT2D eigenvalue weighted by Crippen LogP contribution is 2.46. The molecule has 5 rings (SSSR count). The highest BCUT2D eigenvalue weighted by Gasteiger charge is 2.32. The van der Waals surface area contributed by atoms with Crippen LogP contribution in [-0.4, -0.2) is 43.1 Å². The number of halogens is 1. The molecule has 10 heteroatoms. The summed E-state index contributed by atoms with van der Waals surface area (Å²) in [7, 11) is 1.59. The van der Waals surface area contributed by atoms with Crippen LogP contribution in [0.15, 0.2) is 60.8 Å². The van der Waals surface area contributed by atoms with Crippen LogP contribution in [0.2, 0.25) is 0 Å². The van der Waals surface area contributed by atoms with Gasteiger partial charge in [-0.05, 0) is 78.8 Å². The van der Waals surface area contributed by atoms with Crippen molar-refractivity contribution in [1.29, 1.82) is 0 Å². The van der Waals surface area contributed by atoms with E-state index in [1.165, 1.54) is 33.1 Å². The summed E-state index contributed by atoms with van der Waals surface area (Å²) >= 11 is -2.31. The van der Waals surface area contributed by atoms with Gasteiger partial charge in [0.25, 0.3) is 11.3 Å². The van der Waals surface area contributed by atoms with Crippen LogP contribution in [0.1, 0.15) is 40.2 Å². The van der Waals surface area contributed by atoms with Gasteiger partial charge in [0.1, 0.15) is 22.8 Å². The van der Waals surface area contributed by atoms with E-state index in [4.69, 9.17) is 4.74 Å². The largest absolute Gasteiger partial charge is 0.497 e. The maximum absolute atomic E-state index is 13.5. The van der Waals surface area contributed by atoms with Crippen molar-refractivity contribution < 1.29 is 27.8 Å². The number of ether oxygens (including phenoxy) is 1. The van der Waals surface area contributed by atoms with Crippen molar-refractivity contribution in [2.24, 2.45) is 0 Å². The van der Waals surface area contributed by atoms with Crippen LogP contribution in [0.4, 0.5) is 10.1 Å². The monoisotopic (exact) mass is 509 g/mol. The Bertz CT molecular complexity index is 1450. The lowest BCUT2D eigenvalue weighted by Gasteiger charge is -2.23. The van der Waals surface area contributed by atoms with Gasteiger partial charge in [-0.15, -0.1) is 0 Å². The van der Waals surface area contributed by atoms with Crippen LogP contribution in [0.3, 0.4) is 0 Å². The molecule has 1 aliphatic rings. The van der Waals surface area contributed by atoms with E-state index in [0.717, 1.165) is 29.7 Å². The molecule has 186 valence electrons. The minimum absolute atomic E-state index is 0.00459. The standard InChI is InChI=1S/C26H24FN3O5S/c1-35-20-10-2-16(3-11-20)12-13-30(36(33)34)23-15-29-22(14-21(23)17-4-5-17)24(26(31)32)25(28-29)18-6-8-19(27)9-7-18/h2-3,6-11,14-15,17H,4-5,12-13H2,1H3,(H,31,32)(H,33,34). The molecule has 1 aliphatic carbocycles. The summed E-state index contributed by atoms with van der Waals surface area (Å²) in [6.45, 7) is 0.262. The van der Waals surface area contributed by atoms with Gasteiger partial charge in [-0.2, -0.15) is 5.10 Å². The molecular weight excluding hydrogens is 485 g/mol. The average molecular weight is 510 g/mol. The van der Waals surface area contributed by atoms with Crippen molar-refractivity contribution in [3.8, 4) is 17.0 Å². The third-order valence-electron chi connectivity index (χ3n) is 6.35. The smallest absolute Gasteiger partial charge is 0.340 e. The molecule has 2 N–H and O–H groups in total. The summed E-state index contributed by atoms with van der Waals surface area (Å²) < 4.78 is 44.1. The van der Waals surface area contributed by atoms with Gasteiger partial charge in [0, 0.05) is 12.1 Å². The van der Waals surface area contributed by atoms with Crippen LogP contribution in [0.5, 0.6) is 5.75 Å². The molecule has 0 aliphatic heterocycles. The number of carboxylic acids is 1. The number of hydrogen-bond donors (Lipinski definition) is 2. The normalized spacial score (nSPS) is 14.1. The van der Waals surface area contributed by atoms with Gasteiger partial charge in [-0.3, -0.25) is 8.86 Å². The average Bonchev–Trinajstić information content (AvgIpc) is 3.64. The van der Waals surface area contributed by atoms with Crippen molar-refractivity contribution >= 4 is 28.4 Å². The lowest BCUT2D eigenvalue weighted by Crippen LogP contribution is -2.29. The molecule has 2 aromatic carbocycles. The maximum atomic E-state index is 13.5. The van der Waals surface area contributed by atoms with Gasteiger partial charge in [0.15, 0.2) is 0 Å². The van der Waals surface area contributed by atoms with Gasteiger partial charge in [0.2, 0.25) is 0 Å². The third-order valence-corrected chi connectivity index (χ3v) is 7.10. The molecule has 0 radical (unpaired) electrons. The quantitative estimate of drug-likeness (QED) is 0.311. The molecule has 1 unspecified atom stereocenters. The fraction of sp³-hybridized carbons (Fsp3) is 0.231. The van der Waals surface area contributed by atoms with Crippen molar-refractivity contribution in [1.82, 2.24) is 9.61 Å². The number of nitrogens with zero attached hydrogens (tertiary/aromatic N) is 3. The van der Waals surface area contributed by atoms with Crippen molar-refractivity contribution in [2.75, 3.05) is 18.0 Å². The summed E-state index contributed by atoms with van der Waals surface area (Å²) in [5.41, 5.74) is 3.38. The summed E-state index contributed by atoms with van der Waals surface area (Å²) in [4.78, 5) is 12.2. The lowest BCUT2D eigenvalue weighted by molar-refractivity contribution is 0.0699. The molecule has 1 saturated carbocycles. The van der Waals surface area contributed by atoms with E-state index in [1.54, 1.807) is 19.4 Å². The Labute approximate surface area is 209 Å². The topological polar surface area (TPSA) is 104 Å². The fourth-order valence-corrected chi connectivity index (χ4v) is 4.92. The first-order chi connectivity index (χ1) is 17.4. The van der Waals surface area contributed by atoms with E-state index in [-0.39, 0.29) is 23.7 Å². The Morgan fingerprint density at radius 1 is 1.19 bits per heavy atom. The number of aromatic nitrogens is 2. The van der Waals surface area contributed by atoms with Gasteiger partial charge < -0.3 is 9.84 Å². The summed E-state index contributed by atoms with van der Waals surface area (Å²) in [5, 5.41) is 14.5. The van der Waals surface area contributed by atoms with E-state index in [2.05, 4.69) is 5.10 Å². The van der Waals surface area contributed by atoms with Crippen LogP contribution in [-0.2, 0) is 17.7 Å². The number of rotatable bonds is 9. The van der Waals surface area contributed by atoms with Gasteiger partial charge in [-0.1, -0.05) is 12.1 Å². The minimum atomic E-state index is -2.31. The Balaban J connectivity index is 1.58. The van der Waals surface area contributed by atoms with E-state index in [0.29, 0.717) is 23.2 Å². The van der Waals surface area contributed by atoms with E-state index in [9.17, 15) is 23.1 Å². The minimum Gasteiger partial charge on any atom is -0.497 e. The van der Waals surface area contributed by atoms with E-state index < -0.39 is 23.1 Å². The molecule has 1 fully saturated rings. The predicted molar refractivity (Wildman–Crippen MR) is 134 cm³/mol. The van der Waals surface area contributed by atoms with Crippen LogP contribution in [0.25, 0.3) is 16.8 Å². The number of carboxylic acid groups (broad SMARTS) is 1. The molecule has 2 heterocycles. The molecule has 4 aromatic rings. The molecule has 0 spiro atoms. The molecule has 1 atom stereocenters. The van der Waals surface area contributed by atoms with Crippen LogP contribution >= 0.6 is 0 Å². The van der Waals surface area contributed by atoms with Crippen molar-refractivity contribution in [2.45, 2.75) is 25.2 Å². The second kappa shape index (κ2) is 9.71. The van der Waals surface area contributed by atoms with Gasteiger partial charge in [-0.25, -0.2) is 17.9 Å². The number of methoxy groups -OCH3 is 1. The first-order valence-electron chi connectivity index (χ1n) is 11.4. The van der Waals surface area contributed by atoms with Crippen molar-refractivity contribution in [3.05, 3.63) is 83.3 Å². The zero-order valence-corrected chi connectivity index (χ0v) is 20.2. The number of benzene rings is 2. The summed E-state index contributed by atoms with van der Waals surface area (Å²) in [6, 6.07) is 14.7. The zero-order chi connectivity index (χ0) is 25.4. The number of anilines is 1. The number of pyridine rings is 1. The molecule has 8 nitrogen and oxygen atoms in total. The Kier molecular flexibility index (Phi) is 6.46. The SMILES string of the molecule is COc1ccc(CCN(c2cn3nc(-c4ccc(F)cc4)c(C(=O)O)c3cc2C2CC2)S(=O)O)cc1. The highest BCUT2D eigenvalue weighted by molar-refractivity contribution is 7.80. The maximum Gasteiger partial charge on any atom is 0.340 e. The number of carbonyl (C=O) groups is 1. The Morgan fingerprint density at radius 3 is 2.47 bits per heavy atom. The zero-order valence-electron chi connectivity index (χ0n) is 19.4. The predicted octanol–water partition coefficient (Wildman–Crippen LogP) is 4.91. The van der Waals surface area contributed by atoms with Crippen molar-refractivity contribution in [3.63, 3.8) is 0 Å². The van der Waals surface area contributed by atoms with E-state index >= 15 is 0 Å². The Hall–Kier alpha value is -3.76. The number of aromatic carboxylic acids is 1. The Morgan fingerprint density at radius 2 is 1.89 bits per heavy atom. The molecule has 0 saturated heterocycles. The summed E-state index contributed by atoms with van der Waals surface area (Å²) in [6.07, 6.45) is 3.95.